The first-order chi connectivity index (χ1) is 12.2. The lowest BCUT2D eigenvalue weighted by molar-refractivity contribution is 0.0603. The number of ether oxygens (including phenoxy) is 5. The molecule has 6 heteroatoms. The minimum Gasteiger partial charge on any atom is -0.486 e. The second-order valence-corrected chi connectivity index (χ2v) is 5.88. The van der Waals surface area contributed by atoms with Crippen LogP contribution in [-0.2, 0) is 4.74 Å². The molecular weight excluding hydrogens is 324 g/mol. The Hall–Kier alpha value is -3.15. The molecule has 2 aliphatic heterocycles. The molecule has 0 amide bonds. The van der Waals surface area contributed by atoms with E-state index in [9.17, 15) is 4.79 Å². The normalized spacial score (nSPS) is 14.8. The van der Waals surface area contributed by atoms with Crippen molar-refractivity contribution in [3.63, 3.8) is 0 Å². The van der Waals surface area contributed by atoms with Gasteiger partial charge in [0.1, 0.15) is 13.2 Å². The molecule has 2 aliphatic rings. The van der Waals surface area contributed by atoms with Crippen LogP contribution in [0, 0.1) is 0 Å². The monoisotopic (exact) mass is 338 g/mol. The Balaban J connectivity index is 1.90. The Kier molecular flexibility index (Phi) is 2.94. The van der Waals surface area contributed by atoms with Crippen molar-refractivity contribution in [2.45, 2.75) is 0 Å². The summed E-state index contributed by atoms with van der Waals surface area (Å²) in [5.41, 5.74) is 0.472. The predicted molar refractivity (Wildman–Crippen MR) is 89.9 cm³/mol. The van der Waals surface area contributed by atoms with Gasteiger partial charge in [0.25, 0.3) is 0 Å². The van der Waals surface area contributed by atoms with E-state index in [4.69, 9.17) is 23.7 Å². The van der Waals surface area contributed by atoms with E-state index >= 15 is 0 Å². The number of carbonyl (C=O) groups excluding carboxylic acids is 1. The average Bonchev–Trinajstić information content (AvgIpc) is 3.11. The zero-order valence-electron chi connectivity index (χ0n) is 13.5. The molecule has 3 aromatic rings. The van der Waals surface area contributed by atoms with Gasteiger partial charge in [-0.05, 0) is 46.5 Å². The van der Waals surface area contributed by atoms with Crippen LogP contribution in [0.3, 0.4) is 0 Å². The number of benzene rings is 3. The molecule has 0 radical (unpaired) electrons. The maximum atomic E-state index is 12.3. The van der Waals surface area contributed by atoms with Gasteiger partial charge in [0, 0.05) is 5.39 Å². The average molecular weight is 338 g/mol. The predicted octanol–water partition coefficient (Wildman–Crippen LogP) is 3.28. The van der Waals surface area contributed by atoms with Gasteiger partial charge in [-0.2, -0.15) is 0 Å². The van der Waals surface area contributed by atoms with Crippen LogP contribution >= 0.6 is 0 Å². The van der Waals surface area contributed by atoms with Gasteiger partial charge in [-0.25, -0.2) is 4.79 Å². The topological polar surface area (TPSA) is 63.2 Å². The Bertz CT molecular complexity index is 1040. The molecular formula is C19H14O6. The van der Waals surface area contributed by atoms with Crippen molar-refractivity contribution in [2.75, 3.05) is 27.1 Å². The summed E-state index contributed by atoms with van der Waals surface area (Å²) in [5, 5.41) is 3.45. The first kappa shape index (κ1) is 14.2. The molecule has 0 aliphatic carbocycles. The molecule has 25 heavy (non-hydrogen) atoms. The Morgan fingerprint density at radius 2 is 1.40 bits per heavy atom. The number of methoxy groups -OCH3 is 1. The van der Waals surface area contributed by atoms with E-state index in [1.807, 2.05) is 30.3 Å². The fourth-order valence-electron chi connectivity index (χ4n) is 3.36. The van der Waals surface area contributed by atoms with Gasteiger partial charge < -0.3 is 23.7 Å². The number of esters is 1. The van der Waals surface area contributed by atoms with Crippen molar-refractivity contribution in [3.8, 4) is 23.0 Å². The van der Waals surface area contributed by atoms with Crippen molar-refractivity contribution in [2.24, 2.45) is 0 Å². The lowest BCUT2D eigenvalue weighted by Crippen LogP contribution is -2.15. The van der Waals surface area contributed by atoms with E-state index in [0.29, 0.717) is 41.8 Å². The summed E-state index contributed by atoms with van der Waals surface area (Å²) in [6.07, 6.45) is 0. The highest BCUT2D eigenvalue weighted by atomic mass is 16.7. The summed E-state index contributed by atoms with van der Waals surface area (Å²) in [6.45, 7) is 1.20. The van der Waals surface area contributed by atoms with Crippen LogP contribution in [0.25, 0.3) is 21.5 Å². The number of rotatable bonds is 1. The molecule has 0 saturated heterocycles. The van der Waals surface area contributed by atoms with E-state index in [-0.39, 0.29) is 6.79 Å². The minimum atomic E-state index is -0.402. The van der Waals surface area contributed by atoms with Gasteiger partial charge in [0.2, 0.25) is 6.79 Å². The highest BCUT2D eigenvalue weighted by Crippen LogP contribution is 2.43. The fourth-order valence-corrected chi connectivity index (χ4v) is 3.36. The number of carbonyl (C=O) groups is 1. The summed E-state index contributed by atoms with van der Waals surface area (Å²) < 4.78 is 27.3. The molecule has 5 rings (SSSR count). The summed E-state index contributed by atoms with van der Waals surface area (Å²) in [7, 11) is 1.37. The van der Waals surface area contributed by atoms with E-state index in [1.54, 1.807) is 0 Å². The molecule has 0 atom stereocenters. The van der Waals surface area contributed by atoms with Crippen LogP contribution in [0.2, 0.25) is 0 Å². The van der Waals surface area contributed by atoms with Crippen molar-refractivity contribution in [3.05, 3.63) is 35.9 Å². The summed E-state index contributed by atoms with van der Waals surface area (Å²) >= 11 is 0. The standard InChI is InChI=1S/C19H14O6/c1-21-19(20)14-4-10-5-15-16(23-3-2-22-15)6-11(10)12-7-17-18(8-13(12)14)25-9-24-17/h4-8H,2-3,9H2,1H3. The van der Waals surface area contributed by atoms with Crippen molar-refractivity contribution >= 4 is 27.5 Å². The smallest absolute Gasteiger partial charge is 0.338 e. The number of hydrogen-bond acceptors (Lipinski definition) is 6. The van der Waals surface area contributed by atoms with Crippen molar-refractivity contribution in [1.29, 1.82) is 0 Å². The third kappa shape index (κ3) is 2.07. The summed E-state index contributed by atoms with van der Waals surface area (Å²) in [6, 6.07) is 9.35. The Labute approximate surface area is 142 Å². The van der Waals surface area contributed by atoms with Gasteiger partial charge in [-0.15, -0.1) is 0 Å². The van der Waals surface area contributed by atoms with Gasteiger partial charge in [-0.1, -0.05) is 0 Å². The SMILES string of the molecule is COC(=O)c1cc2cc3c(cc2c2cc4c(cc12)OCO4)OCCO3. The molecule has 3 aromatic carbocycles. The Morgan fingerprint density at radius 3 is 2.12 bits per heavy atom. The summed E-state index contributed by atoms with van der Waals surface area (Å²) in [4.78, 5) is 12.3. The third-order valence-corrected chi connectivity index (χ3v) is 4.51. The largest absolute Gasteiger partial charge is 0.486 e. The molecule has 126 valence electrons. The number of hydrogen-bond donors (Lipinski definition) is 0. The highest BCUT2D eigenvalue weighted by molar-refractivity contribution is 6.17. The molecule has 0 fully saturated rings. The highest BCUT2D eigenvalue weighted by Gasteiger charge is 2.22. The van der Waals surface area contributed by atoms with Crippen LogP contribution in [-0.4, -0.2) is 33.1 Å². The van der Waals surface area contributed by atoms with Crippen LogP contribution < -0.4 is 18.9 Å². The third-order valence-electron chi connectivity index (χ3n) is 4.51. The summed E-state index contributed by atoms with van der Waals surface area (Å²) in [5.74, 6) is 2.25. The zero-order valence-corrected chi connectivity index (χ0v) is 13.5. The fraction of sp³-hybridized carbons (Fsp3) is 0.211. The second-order valence-electron chi connectivity index (χ2n) is 5.88. The van der Waals surface area contributed by atoms with E-state index < -0.39 is 5.97 Å². The van der Waals surface area contributed by atoms with Gasteiger partial charge >= 0.3 is 5.97 Å². The maximum Gasteiger partial charge on any atom is 0.338 e. The molecule has 0 saturated carbocycles. The second kappa shape index (κ2) is 5.17. The van der Waals surface area contributed by atoms with Crippen LogP contribution in [0.4, 0.5) is 0 Å². The van der Waals surface area contributed by atoms with Crippen LogP contribution in [0.15, 0.2) is 30.3 Å². The molecule has 0 N–H and O–H groups in total. The minimum absolute atomic E-state index is 0.170. The first-order valence-electron chi connectivity index (χ1n) is 7.92. The Morgan fingerprint density at radius 1 is 0.800 bits per heavy atom. The van der Waals surface area contributed by atoms with E-state index in [1.165, 1.54) is 7.11 Å². The van der Waals surface area contributed by atoms with Gasteiger partial charge in [0.05, 0.1) is 12.7 Å². The number of fused-ring (bicyclic) bond motifs is 5. The lowest BCUT2D eigenvalue weighted by atomic mass is 9.96. The van der Waals surface area contributed by atoms with Crippen LogP contribution in [0.1, 0.15) is 10.4 Å². The molecule has 0 aromatic heterocycles. The lowest BCUT2D eigenvalue weighted by Gasteiger charge is -2.20. The van der Waals surface area contributed by atoms with Gasteiger partial charge in [-0.3, -0.25) is 0 Å². The molecule has 0 spiro atoms. The van der Waals surface area contributed by atoms with E-state index in [2.05, 4.69) is 0 Å². The zero-order chi connectivity index (χ0) is 17.0. The van der Waals surface area contributed by atoms with Gasteiger partial charge in [0.15, 0.2) is 23.0 Å². The van der Waals surface area contributed by atoms with Crippen molar-refractivity contribution < 1.29 is 28.5 Å². The molecule has 2 heterocycles. The molecule has 0 unspecified atom stereocenters. The maximum absolute atomic E-state index is 12.3. The van der Waals surface area contributed by atoms with E-state index in [0.717, 1.165) is 21.5 Å². The van der Waals surface area contributed by atoms with Crippen LogP contribution in [0.5, 0.6) is 23.0 Å². The van der Waals surface area contributed by atoms with Crippen molar-refractivity contribution in [1.82, 2.24) is 0 Å². The first-order valence-corrected chi connectivity index (χ1v) is 7.92. The molecule has 0 bridgehead atoms. The molecule has 6 nitrogen and oxygen atoms in total. The quantitative estimate of drug-likeness (QED) is 0.501.